The van der Waals surface area contributed by atoms with Crippen LogP contribution in [0.15, 0.2) is 60.7 Å². The van der Waals surface area contributed by atoms with Crippen LogP contribution in [0.25, 0.3) is 0 Å². The predicted octanol–water partition coefficient (Wildman–Crippen LogP) is 6.18. The first-order chi connectivity index (χ1) is 17.9. The monoisotopic (exact) mass is 562 g/mol. The summed E-state index contributed by atoms with van der Waals surface area (Å²) in [5, 5.41) is 7.40. The van der Waals surface area contributed by atoms with E-state index in [1.807, 2.05) is 30.3 Å². The average Bonchev–Trinajstić information content (AvgIpc) is 2.91. The van der Waals surface area contributed by atoms with E-state index in [0.717, 1.165) is 44.0 Å². The Morgan fingerprint density at radius 2 is 1.70 bits per heavy atom. The number of hydrogen-bond acceptors (Lipinski definition) is 5. The van der Waals surface area contributed by atoms with Crippen LogP contribution in [0.4, 0.5) is 16.2 Å². The number of methoxy groups -OCH3 is 1. The highest BCUT2D eigenvalue weighted by Crippen LogP contribution is 2.33. The molecule has 7 nitrogen and oxygen atoms in total. The summed E-state index contributed by atoms with van der Waals surface area (Å²) in [6.45, 7) is 5.24. The number of carbonyl (C=O) groups is 1. The Morgan fingerprint density at radius 1 is 0.946 bits per heavy atom. The summed E-state index contributed by atoms with van der Waals surface area (Å²) in [6, 6.07) is 18.0. The maximum Gasteiger partial charge on any atom is 0.319 e. The molecule has 1 fully saturated rings. The fourth-order valence-electron chi connectivity index (χ4n) is 4.07. The Morgan fingerprint density at radius 3 is 2.43 bits per heavy atom. The third-order valence-corrected chi connectivity index (χ3v) is 7.15. The lowest BCUT2D eigenvalue weighted by Gasteiger charge is -2.36. The molecule has 0 aliphatic carbocycles. The molecule has 4 rings (SSSR count). The zero-order valence-corrected chi connectivity index (χ0v) is 22.7. The second kappa shape index (κ2) is 13.1. The van der Waals surface area contributed by atoms with E-state index in [2.05, 4.69) is 20.4 Å². The van der Waals surface area contributed by atoms with Gasteiger partial charge in [0.1, 0.15) is 6.61 Å². The van der Waals surface area contributed by atoms with Crippen LogP contribution >= 0.6 is 34.8 Å². The zero-order valence-electron chi connectivity index (χ0n) is 20.5. The number of halogens is 3. The molecule has 196 valence electrons. The van der Waals surface area contributed by atoms with E-state index >= 15 is 0 Å². The van der Waals surface area contributed by atoms with E-state index in [0.29, 0.717) is 45.4 Å². The van der Waals surface area contributed by atoms with Gasteiger partial charge in [-0.1, -0.05) is 46.9 Å². The maximum atomic E-state index is 12.2. The smallest absolute Gasteiger partial charge is 0.319 e. The molecule has 2 amide bonds. The second-order valence-corrected chi connectivity index (χ2v) is 9.77. The van der Waals surface area contributed by atoms with Gasteiger partial charge in [-0.2, -0.15) is 0 Å². The molecule has 0 bridgehead atoms. The number of rotatable bonds is 9. The largest absolute Gasteiger partial charge is 0.493 e. The lowest BCUT2D eigenvalue weighted by Crippen LogP contribution is -2.47. The fourth-order valence-corrected chi connectivity index (χ4v) is 4.61. The highest BCUT2D eigenvalue weighted by Gasteiger charge is 2.20. The normalized spacial score (nSPS) is 13.8. The zero-order chi connectivity index (χ0) is 26.2. The van der Waals surface area contributed by atoms with Gasteiger partial charge in [-0.15, -0.1) is 0 Å². The quantitative estimate of drug-likeness (QED) is 0.326. The van der Waals surface area contributed by atoms with Gasteiger partial charge >= 0.3 is 6.03 Å². The summed E-state index contributed by atoms with van der Waals surface area (Å²) in [5.41, 5.74) is 2.54. The van der Waals surface area contributed by atoms with E-state index in [1.165, 1.54) is 0 Å². The standard InChI is InChI=1S/C27H29Cl3N4O3/c1-36-25-17-19(18-31-27(35)32-21-8-6-20(28)7-9-21)5-10-24(25)37-16-15-33-11-13-34(14-12-33)23-4-2-3-22(29)26(23)30/h2-10,17H,11-16,18H2,1H3,(H2,31,32,35). The number of anilines is 2. The molecule has 1 heterocycles. The van der Waals surface area contributed by atoms with Crippen molar-refractivity contribution in [2.24, 2.45) is 0 Å². The molecule has 1 aliphatic heterocycles. The van der Waals surface area contributed by atoms with Gasteiger partial charge in [0.05, 0.1) is 22.8 Å². The molecule has 3 aromatic carbocycles. The molecule has 1 saturated heterocycles. The minimum absolute atomic E-state index is 0.306. The predicted molar refractivity (Wildman–Crippen MR) is 151 cm³/mol. The number of amides is 2. The van der Waals surface area contributed by atoms with Gasteiger partial charge in [-0.05, 0) is 54.1 Å². The number of benzene rings is 3. The summed E-state index contributed by atoms with van der Waals surface area (Å²) >= 11 is 18.4. The highest BCUT2D eigenvalue weighted by atomic mass is 35.5. The SMILES string of the molecule is COc1cc(CNC(=O)Nc2ccc(Cl)cc2)ccc1OCCN1CCN(c2cccc(Cl)c2Cl)CC1. The van der Waals surface area contributed by atoms with E-state index < -0.39 is 0 Å². The summed E-state index contributed by atoms with van der Waals surface area (Å²) in [6.07, 6.45) is 0. The molecule has 0 aromatic heterocycles. The lowest BCUT2D eigenvalue weighted by atomic mass is 10.2. The van der Waals surface area contributed by atoms with E-state index in [-0.39, 0.29) is 6.03 Å². The summed E-state index contributed by atoms with van der Waals surface area (Å²) in [7, 11) is 1.60. The van der Waals surface area contributed by atoms with Crippen LogP contribution in [0.2, 0.25) is 15.1 Å². The molecule has 1 aliphatic rings. The number of nitrogens with zero attached hydrogens (tertiary/aromatic N) is 2. The van der Waals surface area contributed by atoms with Gasteiger partial charge in [0.25, 0.3) is 0 Å². The van der Waals surface area contributed by atoms with Crippen LogP contribution in [-0.2, 0) is 6.54 Å². The van der Waals surface area contributed by atoms with Crippen LogP contribution < -0.4 is 25.0 Å². The van der Waals surface area contributed by atoms with Crippen LogP contribution in [0.1, 0.15) is 5.56 Å². The van der Waals surface area contributed by atoms with Crippen molar-refractivity contribution < 1.29 is 14.3 Å². The Labute approximate surface area is 232 Å². The maximum absolute atomic E-state index is 12.2. The van der Waals surface area contributed by atoms with Crippen molar-refractivity contribution in [2.75, 3.05) is 56.7 Å². The minimum Gasteiger partial charge on any atom is -0.493 e. The van der Waals surface area contributed by atoms with E-state index in [4.69, 9.17) is 44.3 Å². The molecular formula is C27H29Cl3N4O3. The number of urea groups is 1. The van der Waals surface area contributed by atoms with Crippen molar-refractivity contribution in [1.82, 2.24) is 10.2 Å². The summed E-state index contributed by atoms with van der Waals surface area (Å²) < 4.78 is 11.5. The molecular weight excluding hydrogens is 535 g/mol. The number of piperazine rings is 1. The van der Waals surface area contributed by atoms with Gasteiger partial charge in [-0.3, -0.25) is 4.90 Å². The molecule has 3 aromatic rings. The third-order valence-electron chi connectivity index (χ3n) is 6.09. The van der Waals surface area contributed by atoms with Crippen molar-refractivity contribution in [1.29, 1.82) is 0 Å². The topological polar surface area (TPSA) is 66.1 Å². The third kappa shape index (κ3) is 7.58. The van der Waals surface area contributed by atoms with Gasteiger partial charge in [0.15, 0.2) is 11.5 Å². The molecule has 0 atom stereocenters. The van der Waals surface area contributed by atoms with Crippen molar-refractivity contribution in [2.45, 2.75) is 6.54 Å². The van der Waals surface area contributed by atoms with E-state index in [9.17, 15) is 4.79 Å². The van der Waals surface area contributed by atoms with Crippen molar-refractivity contribution in [3.63, 3.8) is 0 Å². The van der Waals surface area contributed by atoms with Gasteiger partial charge in [0.2, 0.25) is 0 Å². The molecule has 0 saturated carbocycles. The molecule has 37 heavy (non-hydrogen) atoms. The second-order valence-electron chi connectivity index (χ2n) is 8.55. The fraction of sp³-hybridized carbons (Fsp3) is 0.296. The molecule has 10 heteroatoms. The molecule has 2 N–H and O–H groups in total. The molecule has 0 unspecified atom stereocenters. The van der Waals surface area contributed by atoms with Crippen LogP contribution in [-0.4, -0.2) is 57.4 Å². The van der Waals surface area contributed by atoms with Crippen molar-refractivity contribution in [3.05, 3.63) is 81.3 Å². The first kappa shape index (κ1) is 27.2. The Kier molecular flexibility index (Phi) is 9.63. The van der Waals surface area contributed by atoms with Crippen LogP contribution in [0.3, 0.4) is 0 Å². The number of hydrogen-bond donors (Lipinski definition) is 2. The Balaban J connectivity index is 1.21. The summed E-state index contributed by atoms with van der Waals surface area (Å²) in [4.78, 5) is 16.8. The number of ether oxygens (including phenoxy) is 2. The van der Waals surface area contributed by atoms with E-state index in [1.54, 1.807) is 37.4 Å². The van der Waals surface area contributed by atoms with Crippen molar-refractivity contribution >= 4 is 52.2 Å². The van der Waals surface area contributed by atoms with Crippen LogP contribution in [0.5, 0.6) is 11.5 Å². The lowest BCUT2D eigenvalue weighted by molar-refractivity contribution is 0.197. The Hall–Kier alpha value is -2.84. The minimum atomic E-state index is -0.306. The molecule has 0 spiro atoms. The van der Waals surface area contributed by atoms with Gasteiger partial charge in [0, 0.05) is 50.0 Å². The average molecular weight is 564 g/mol. The molecule has 0 radical (unpaired) electrons. The van der Waals surface area contributed by atoms with Crippen LogP contribution in [0, 0.1) is 0 Å². The summed E-state index contributed by atoms with van der Waals surface area (Å²) in [5.74, 6) is 1.29. The highest BCUT2D eigenvalue weighted by molar-refractivity contribution is 6.43. The number of nitrogens with one attached hydrogen (secondary N) is 2. The number of carbonyl (C=O) groups excluding carboxylic acids is 1. The van der Waals surface area contributed by atoms with Crippen molar-refractivity contribution in [3.8, 4) is 11.5 Å². The van der Waals surface area contributed by atoms with Gasteiger partial charge in [-0.25, -0.2) is 4.79 Å². The Bertz CT molecular complexity index is 1200. The van der Waals surface area contributed by atoms with Gasteiger partial charge < -0.3 is 25.0 Å². The first-order valence-corrected chi connectivity index (χ1v) is 13.1. The first-order valence-electron chi connectivity index (χ1n) is 11.9.